The van der Waals surface area contributed by atoms with Crippen molar-refractivity contribution >= 4 is 44.8 Å². The van der Waals surface area contributed by atoms with Gasteiger partial charge in [0.2, 0.25) is 15.9 Å². The highest BCUT2D eigenvalue weighted by atomic mass is 35.5. The van der Waals surface area contributed by atoms with Crippen molar-refractivity contribution in [1.29, 1.82) is 0 Å². The number of carbonyl (C=O) groups is 2. The number of hydrogen-bond donors (Lipinski definition) is 2. The molecular formula is C20H22ClN3O4S. The number of carbonyl (C=O) groups excluding carboxylic acids is 2. The van der Waals surface area contributed by atoms with Gasteiger partial charge >= 0.3 is 0 Å². The van der Waals surface area contributed by atoms with E-state index in [0.29, 0.717) is 31.5 Å². The van der Waals surface area contributed by atoms with Crippen LogP contribution in [0.2, 0.25) is 5.02 Å². The van der Waals surface area contributed by atoms with Gasteiger partial charge in [-0.2, -0.15) is 0 Å². The van der Waals surface area contributed by atoms with E-state index in [2.05, 4.69) is 10.0 Å². The third-order valence-electron chi connectivity index (χ3n) is 4.63. The Balaban J connectivity index is 1.71. The van der Waals surface area contributed by atoms with E-state index in [-0.39, 0.29) is 28.4 Å². The summed E-state index contributed by atoms with van der Waals surface area (Å²) in [6, 6.07) is 13.6. The summed E-state index contributed by atoms with van der Waals surface area (Å²) in [4.78, 5) is 27.1. The summed E-state index contributed by atoms with van der Waals surface area (Å²) in [5.74, 6) is -0.700. The highest BCUT2D eigenvalue weighted by molar-refractivity contribution is 7.92. The SMILES string of the molecule is CS(=O)(=O)Nc1cc(C(=O)N2CCCC(C(=O)Nc3ccccc3)C2)ccc1Cl. The fourth-order valence-corrected chi connectivity index (χ4v) is 4.05. The summed E-state index contributed by atoms with van der Waals surface area (Å²) < 4.78 is 25.3. The monoisotopic (exact) mass is 435 g/mol. The number of para-hydroxylation sites is 1. The number of piperidine rings is 1. The first kappa shape index (κ1) is 21.1. The number of sulfonamides is 1. The molecule has 0 aliphatic carbocycles. The Morgan fingerprint density at radius 1 is 1.14 bits per heavy atom. The van der Waals surface area contributed by atoms with E-state index in [1.165, 1.54) is 12.1 Å². The quantitative estimate of drug-likeness (QED) is 0.753. The molecule has 1 unspecified atom stereocenters. The van der Waals surface area contributed by atoms with E-state index in [1.54, 1.807) is 11.0 Å². The van der Waals surface area contributed by atoms with Crippen LogP contribution in [0.3, 0.4) is 0 Å². The van der Waals surface area contributed by atoms with Crippen LogP contribution in [0, 0.1) is 5.92 Å². The maximum Gasteiger partial charge on any atom is 0.253 e. The number of amides is 2. The van der Waals surface area contributed by atoms with Crippen LogP contribution in [0.15, 0.2) is 48.5 Å². The molecule has 9 heteroatoms. The second kappa shape index (κ2) is 8.84. The summed E-state index contributed by atoms with van der Waals surface area (Å²) in [5.41, 5.74) is 1.18. The van der Waals surface area contributed by atoms with Crippen molar-refractivity contribution in [3.05, 3.63) is 59.1 Å². The zero-order valence-corrected chi connectivity index (χ0v) is 17.5. The zero-order chi connectivity index (χ0) is 21.0. The van der Waals surface area contributed by atoms with E-state index in [0.717, 1.165) is 11.9 Å². The molecule has 3 rings (SSSR count). The third-order valence-corrected chi connectivity index (χ3v) is 5.55. The number of hydrogen-bond acceptors (Lipinski definition) is 4. The minimum atomic E-state index is -3.53. The van der Waals surface area contributed by atoms with Crippen LogP contribution in [0.25, 0.3) is 0 Å². The molecule has 0 bridgehead atoms. The topological polar surface area (TPSA) is 95.6 Å². The Labute approximate surface area is 175 Å². The van der Waals surface area contributed by atoms with Gasteiger partial charge in [-0.15, -0.1) is 0 Å². The summed E-state index contributed by atoms with van der Waals surface area (Å²) in [6.45, 7) is 0.834. The van der Waals surface area contributed by atoms with Gasteiger partial charge in [0.25, 0.3) is 5.91 Å². The van der Waals surface area contributed by atoms with Gasteiger partial charge in [-0.1, -0.05) is 29.8 Å². The molecule has 0 spiro atoms. The van der Waals surface area contributed by atoms with Crippen LogP contribution in [0.1, 0.15) is 23.2 Å². The van der Waals surface area contributed by atoms with E-state index in [9.17, 15) is 18.0 Å². The lowest BCUT2D eigenvalue weighted by atomic mass is 9.96. The van der Waals surface area contributed by atoms with Crippen LogP contribution in [-0.4, -0.2) is 44.5 Å². The van der Waals surface area contributed by atoms with E-state index in [4.69, 9.17) is 11.6 Å². The van der Waals surface area contributed by atoms with Gasteiger partial charge in [0, 0.05) is 24.3 Å². The summed E-state index contributed by atoms with van der Waals surface area (Å²) in [7, 11) is -3.53. The van der Waals surface area contributed by atoms with Crippen LogP contribution < -0.4 is 10.0 Å². The molecule has 1 fully saturated rings. The summed E-state index contributed by atoms with van der Waals surface area (Å²) >= 11 is 6.03. The Morgan fingerprint density at radius 3 is 2.55 bits per heavy atom. The van der Waals surface area contributed by atoms with Crippen molar-refractivity contribution in [2.75, 3.05) is 29.4 Å². The summed E-state index contributed by atoms with van der Waals surface area (Å²) in [5, 5.41) is 3.08. The molecule has 0 saturated carbocycles. The Bertz CT molecular complexity index is 1010. The van der Waals surface area contributed by atoms with Gasteiger partial charge in [-0.25, -0.2) is 8.42 Å². The van der Waals surface area contributed by atoms with Crippen LogP contribution in [0.5, 0.6) is 0 Å². The normalized spacial score (nSPS) is 16.9. The minimum Gasteiger partial charge on any atom is -0.338 e. The molecule has 2 aromatic rings. The molecule has 7 nitrogen and oxygen atoms in total. The highest BCUT2D eigenvalue weighted by Crippen LogP contribution is 2.26. The van der Waals surface area contributed by atoms with Crippen molar-refractivity contribution in [2.24, 2.45) is 5.92 Å². The number of nitrogens with one attached hydrogen (secondary N) is 2. The molecule has 2 amide bonds. The van der Waals surface area contributed by atoms with Crippen LogP contribution in [-0.2, 0) is 14.8 Å². The van der Waals surface area contributed by atoms with Gasteiger partial charge in [0.1, 0.15) is 0 Å². The van der Waals surface area contributed by atoms with E-state index < -0.39 is 10.0 Å². The Hall–Kier alpha value is -2.58. The molecule has 154 valence electrons. The lowest BCUT2D eigenvalue weighted by Crippen LogP contribution is -2.43. The third kappa shape index (κ3) is 5.71. The number of halogens is 1. The first-order valence-electron chi connectivity index (χ1n) is 9.15. The van der Waals surface area contributed by atoms with Crippen molar-refractivity contribution in [3.8, 4) is 0 Å². The standard InChI is InChI=1S/C20H22ClN3O4S/c1-29(27,28)23-18-12-14(9-10-17(18)21)20(26)24-11-5-6-15(13-24)19(25)22-16-7-3-2-4-8-16/h2-4,7-10,12,15,23H,5-6,11,13H2,1H3,(H,22,25). The average molecular weight is 436 g/mol. The molecule has 1 aliphatic heterocycles. The molecule has 29 heavy (non-hydrogen) atoms. The first-order chi connectivity index (χ1) is 13.7. The predicted octanol–water partition coefficient (Wildman–Crippen LogP) is 3.20. The van der Waals surface area contributed by atoms with Crippen LogP contribution >= 0.6 is 11.6 Å². The lowest BCUT2D eigenvalue weighted by molar-refractivity contribution is -0.121. The number of nitrogens with zero attached hydrogens (tertiary/aromatic N) is 1. The van der Waals surface area contributed by atoms with Gasteiger partial charge in [-0.05, 0) is 43.2 Å². The zero-order valence-electron chi connectivity index (χ0n) is 15.9. The molecular weight excluding hydrogens is 414 g/mol. The number of likely N-dealkylation sites (tertiary alicyclic amines) is 1. The van der Waals surface area contributed by atoms with Gasteiger partial charge < -0.3 is 10.2 Å². The number of anilines is 2. The number of rotatable bonds is 5. The minimum absolute atomic E-state index is 0.121. The summed E-state index contributed by atoms with van der Waals surface area (Å²) in [6.07, 6.45) is 2.42. The van der Waals surface area contributed by atoms with Crippen molar-refractivity contribution in [3.63, 3.8) is 0 Å². The maximum absolute atomic E-state index is 12.9. The molecule has 0 radical (unpaired) electrons. The second-order valence-electron chi connectivity index (χ2n) is 7.01. The number of benzene rings is 2. The van der Waals surface area contributed by atoms with Crippen molar-refractivity contribution in [2.45, 2.75) is 12.8 Å². The van der Waals surface area contributed by atoms with Gasteiger partial charge in [0.05, 0.1) is 22.9 Å². The predicted molar refractivity (Wildman–Crippen MR) is 114 cm³/mol. The van der Waals surface area contributed by atoms with E-state index in [1.807, 2.05) is 30.3 Å². The molecule has 2 N–H and O–H groups in total. The largest absolute Gasteiger partial charge is 0.338 e. The molecule has 0 aromatic heterocycles. The lowest BCUT2D eigenvalue weighted by Gasteiger charge is -2.32. The van der Waals surface area contributed by atoms with Gasteiger partial charge in [-0.3, -0.25) is 14.3 Å². The van der Waals surface area contributed by atoms with Crippen LogP contribution in [0.4, 0.5) is 11.4 Å². The van der Waals surface area contributed by atoms with Crippen molar-refractivity contribution < 1.29 is 18.0 Å². The maximum atomic E-state index is 12.9. The van der Waals surface area contributed by atoms with Crippen molar-refractivity contribution in [1.82, 2.24) is 4.90 Å². The molecule has 2 aromatic carbocycles. The fourth-order valence-electron chi connectivity index (χ4n) is 3.26. The molecule has 1 atom stereocenters. The second-order valence-corrected chi connectivity index (χ2v) is 9.17. The fraction of sp³-hybridized carbons (Fsp3) is 0.300. The molecule has 1 heterocycles. The average Bonchev–Trinajstić information content (AvgIpc) is 2.69. The Kier molecular flexibility index (Phi) is 6.44. The van der Waals surface area contributed by atoms with E-state index >= 15 is 0 Å². The highest BCUT2D eigenvalue weighted by Gasteiger charge is 2.29. The molecule has 1 aliphatic rings. The molecule has 1 saturated heterocycles. The Morgan fingerprint density at radius 2 is 1.86 bits per heavy atom. The smallest absolute Gasteiger partial charge is 0.253 e. The first-order valence-corrected chi connectivity index (χ1v) is 11.4. The van der Waals surface area contributed by atoms with Gasteiger partial charge in [0.15, 0.2) is 0 Å².